The average Bonchev–Trinajstić information content (AvgIpc) is 2.16. The van der Waals surface area contributed by atoms with E-state index in [-0.39, 0.29) is 0 Å². The third kappa shape index (κ3) is 2.61. The number of aromatic nitrogens is 1. The van der Waals surface area contributed by atoms with E-state index in [1.165, 1.54) is 0 Å². The van der Waals surface area contributed by atoms with Crippen molar-refractivity contribution >= 4 is 17.4 Å². The molecule has 0 amide bonds. The lowest BCUT2D eigenvalue weighted by Gasteiger charge is -2.09. The number of hydrogen-bond acceptors (Lipinski definition) is 3. The van der Waals surface area contributed by atoms with E-state index in [0.29, 0.717) is 22.3 Å². The zero-order valence-corrected chi connectivity index (χ0v) is 8.97. The van der Waals surface area contributed by atoms with Gasteiger partial charge in [-0.25, -0.2) is 4.98 Å². The van der Waals surface area contributed by atoms with Gasteiger partial charge in [0.15, 0.2) is 0 Å². The van der Waals surface area contributed by atoms with Crippen LogP contribution < -0.4 is 5.32 Å². The molecule has 1 N–H and O–H groups in total. The topological polar surface area (TPSA) is 48.7 Å². The fourth-order valence-electron chi connectivity index (χ4n) is 0.954. The number of anilines is 1. The molecule has 3 nitrogen and oxygen atoms in total. The van der Waals surface area contributed by atoms with E-state index in [1.54, 1.807) is 12.3 Å². The summed E-state index contributed by atoms with van der Waals surface area (Å²) in [5, 5.41) is 12.2. The molecule has 0 unspecified atom stereocenters. The van der Waals surface area contributed by atoms with E-state index in [0.717, 1.165) is 6.54 Å². The van der Waals surface area contributed by atoms with Gasteiger partial charge in [-0.05, 0) is 12.0 Å². The van der Waals surface area contributed by atoms with Gasteiger partial charge < -0.3 is 5.32 Å². The number of nitrogens with one attached hydrogen (secondary N) is 1. The lowest BCUT2D eigenvalue weighted by molar-refractivity contribution is 0.687. The molecule has 14 heavy (non-hydrogen) atoms. The van der Waals surface area contributed by atoms with Crippen molar-refractivity contribution in [1.29, 1.82) is 5.26 Å². The Morgan fingerprint density at radius 3 is 2.93 bits per heavy atom. The summed E-state index contributed by atoms with van der Waals surface area (Å²) in [5.74, 6) is 1.10. The van der Waals surface area contributed by atoms with Crippen molar-refractivity contribution in [1.82, 2.24) is 4.98 Å². The Morgan fingerprint density at radius 2 is 2.36 bits per heavy atom. The Hall–Kier alpha value is -1.27. The predicted molar refractivity (Wildman–Crippen MR) is 57.3 cm³/mol. The molecule has 0 aliphatic heterocycles. The second-order valence-corrected chi connectivity index (χ2v) is 3.79. The monoisotopic (exact) mass is 209 g/mol. The molecule has 0 atom stereocenters. The second-order valence-electron chi connectivity index (χ2n) is 3.41. The van der Waals surface area contributed by atoms with Crippen LogP contribution in [-0.4, -0.2) is 11.5 Å². The van der Waals surface area contributed by atoms with Crippen LogP contribution in [0.15, 0.2) is 12.3 Å². The molecule has 0 fully saturated rings. The van der Waals surface area contributed by atoms with Gasteiger partial charge in [0.1, 0.15) is 16.9 Å². The largest absolute Gasteiger partial charge is 0.369 e. The molecule has 1 heterocycles. The Kier molecular flexibility index (Phi) is 3.73. The molecule has 0 spiro atoms. The molecule has 0 aliphatic rings. The maximum absolute atomic E-state index is 8.73. The van der Waals surface area contributed by atoms with Gasteiger partial charge in [0.2, 0.25) is 0 Å². The van der Waals surface area contributed by atoms with Crippen molar-refractivity contribution in [2.75, 3.05) is 11.9 Å². The minimum absolute atomic E-state index is 0.399. The zero-order valence-electron chi connectivity index (χ0n) is 8.21. The van der Waals surface area contributed by atoms with Crippen LogP contribution in [0.3, 0.4) is 0 Å². The molecule has 0 saturated carbocycles. The lowest BCUT2D eigenvalue weighted by atomic mass is 10.2. The standard InChI is InChI=1S/C10H12ClN3/c1-7(2)6-14-10-9(11)8(5-12)3-4-13-10/h3-4,7H,6H2,1-2H3,(H,13,14). The molecule has 0 saturated heterocycles. The first-order valence-electron chi connectivity index (χ1n) is 4.43. The van der Waals surface area contributed by atoms with Gasteiger partial charge in [-0.3, -0.25) is 0 Å². The van der Waals surface area contributed by atoms with Gasteiger partial charge >= 0.3 is 0 Å². The molecule has 0 bridgehead atoms. The summed E-state index contributed by atoms with van der Waals surface area (Å²) >= 11 is 5.94. The van der Waals surface area contributed by atoms with Crippen LogP contribution in [0.5, 0.6) is 0 Å². The number of nitriles is 1. The van der Waals surface area contributed by atoms with E-state index < -0.39 is 0 Å². The summed E-state index contributed by atoms with van der Waals surface area (Å²) in [6.45, 7) is 4.98. The third-order valence-electron chi connectivity index (χ3n) is 1.69. The molecule has 0 aromatic carbocycles. The van der Waals surface area contributed by atoms with Crippen LogP contribution in [0, 0.1) is 17.2 Å². The summed E-state index contributed by atoms with van der Waals surface area (Å²) in [4.78, 5) is 4.06. The minimum atomic E-state index is 0.399. The highest BCUT2D eigenvalue weighted by molar-refractivity contribution is 6.34. The second kappa shape index (κ2) is 4.83. The van der Waals surface area contributed by atoms with Gasteiger partial charge in [0.05, 0.1) is 5.56 Å². The van der Waals surface area contributed by atoms with Crippen molar-refractivity contribution < 1.29 is 0 Å². The highest BCUT2D eigenvalue weighted by Gasteiger charge is 2.06. The Balaban J connectivity index is 2.83. The number of nitrogens with zero attached hydrogens (tertiary/aromatic N) is 2. The molecule has 4 heteroatoms. The van der Waals surface area contributed by atoms with Crippen molar-refractivity contribution in [3.63, 3.8) is 0 Å². The first kappa shape index (κ1) is 10.8. The maximum Gasteiger partial charge on any atom is 0.146 e. The Morgan fingerprint density at radius 1 is 1.64 bits per heavy atom. The van der Waals surface area contributed by atoms with Crippen molar-refractivity contribution in [2.45, 2.75) is 13.8 Å². The highest BCUT2D eigenvalue weighted by Crippen LogP contribution is 2.22. The van der Waals surface area contributed by atoms with E-state index in [4.69, 9.17) is 16.9 Å². The molecule has 0 radical (unpaired) electrons. The summed E-state index contributed by atoms with van der Waals surface area (Å²) in [7, 11) is 0. The first-order valence-corrected chi connectivity index (χ1v) is 4.81. The quantitative estimate of drug-likeness (QED) is 0.833. The number of hydrogen-bond donors (Lipinski definition) is 1. The lowest BCUT2D eigenvalue weighted by Crippen LogP contribution is -2.09. The Bertz CT molecular complexity index is 355. The van der Waals surface area contributed by atoms with Gasteiger partial charge in [-0.1, -0.05) is 25.4 Å². The summed E-state index contributed by atoms with van der Waals surface area (Å²) < 4.78 is 0. The number of pyridine rings is 1. The first-order chi connectivity index (χ1) is 6.65. The smallest absolute Gasteiger partial charge is 0.146 e. The molecule has 0 aliphatic carbocycles. The van der Waals surface area contributed by atoms with Gasteiger partial charge in [-0.2, -0.15) is 5.26 Å². The molecular formula is C10H12ClN3. The SMILES string of the molecule is CC(C)CNc1nccc(C#N)c1Cl. The van der Waals surface area contributed by atoms with E-state index in [2.05, 4.69) is 24.1 Å². The number of halogens is 1. The molecule has 1 rings (SSSR count). The molecular weight excluding hydrogens is 198 g/mol. The molecule has 1 aromatic heterocycles. The summed E-state index contributed by atoms with van der Waals surface area (Å²) in [6.07, 6.45) is 1.58. The summed E-state index contributed by atoms with van der Waals surface area (Å²) in [6, 6.07) is 3.61. The zero-order chi connectivity index (χ0) is 10.6. The normalized spacial score (nSPS) is 9.93. The third-order valence-corrected chi connectivity index (χ3v) is 2.07. The van der Waals surface area contributed by atoms with Crippen LogP contribution in [-0.2, 0) is 0 Å². The maximum atomic E-state index is 8.73. The number of rotatable bonds is 3. The van der Waals surface area contributed by atoms with Crippen LogP contribution in [0.25, 0.3) is 0 Å². The van der Waals surface area contributed by atoms with Crippen LogP contribution in [0.1, 0.15) is 19.4 Å². The van der Waals surface area contributed by atoms with E-state index in [1.807, 2.05) is 6.07 Å². The van der Waals surface area contributed by atoms with Crippen LogP contribution >= 0.6 is 11.6 Å². The van der Waals surface area contributed by atoms with Gasteiger partial charge in [0.25, 0.3) is 0 Å². The Labute approximate surface area is 88.7 Å². The minimum Gasteiger partial charge on any atom is -0.369 e. The van der Waals surface area contributed by atoms with Crippen LogP contribution in [0.2, 0.25) is 5.02 Å². The van der Waals surface area contributed by atoms with Crippen LogP contribution in [0.4, 0.5) is 5.82 Å². The molecule has 74 valence electrons. The summed E-state index contributed by atoms with van der Waals surface area (Å²) in [5.41, 5.74) is 0.452. The average molecular weight is 210 g/mol. The van der Waals surface area contributed by atoms with Crippen molar-refractivity contribution in [3.8, 4) is 6.07 Å². The van der Waals surface area contributed by atoms with E-state index >= 15 is 0 Å². The predicted octanol–water partition coefficient (Wildman–Crippen LogP) is 2.67. The fourth-order valence-corrected chi connectivity index (χ4v) is 1.17. The van der Waals surface area contributed by atoms with E-state index in [9.17, 15) is 0 Å². The highest BCUT2D eigenvalue weighted by atomic mass is 35.5. The fraction of sp³-hybridized carbons (Fsp3) is 0.400. The van der Waals surface area contributed by atoms with Gasteiger partial charge in [-0.15, -0.1) is 0 Å². The van der Waals surface area contributed by atoms with Gasteiger partial charge in [0, 0.05) is 12.7 Å². The molecule has 1 aromatic rings. The van der Waals surface area contributed by atoms with Crippen molar-refractivity contribution in [3.05, 3.63) is 22.8 Å². The van der Waals surface area contributed by atoms with Crippen molar-refractivity contribution in [2.24, 2.45) is 5.92 Å².